The van der Waals surface area contributed by atoms with Crippen LogP contribution in [0.4, 0.5) is 5.95 Å². The van der Waals surface area contributed by atoms with Gasteiger partial charge in [0.25, 0.3) is 11.5 Å². The highest BCUT2D eigenvalue weighted by molar-refractivity contribution is 6.03. The van der Waals surface area contributed by atoms with Crippen LogP contribution in [-0.2, 0) is 4.74 Å². The molecule has 0 saturated carbocycles. The molecule has 1 fully saturated rings. The molecule has 28 heavy (non-hydrogen) atoms. The van der Waals surface area contributed by atoms with Crippen LogP contribution < -0.4 is 10.9 Å². The highest BCUT2D eigenvalue weighted by Crippen LogP contribution is 2.30. The van der Waals surface area contributed by atoms with E-state index in [1.807, 2.05) is 0 Å². The van der Waals surface area contributed by atoms with Crippen molar-refractivity contribution in [3.8, 4) is 0 Å². The molecule has 0 radical (unpaired) electrons. The Bertz CT molecular complexity index is 1060. The summed E-state index contributed by atoms with van der Waals surface area (Å²) in [6.45, 7) is -0.492. The van der Waals surface area contributed by atoms with Gasteiger partial charge in [0.1, 0.15) is 18.3 Å². The fraction of sp³-hybridized carbons (Fsp3) is 0.294. The number of hydrogen-bond donors (Lipinski definition) is 5. The van der Waals surface area contributed by atoms with Gasteiger partial charge in [-0.25, -0.2) is 4.98 Å². The van der Waals surface area contributed by atoms with Crippen LogP contribution in [0.25, 0.3) is 11.2 Å². The number of aliphatic hydroxyl groups excluding tert-OH is 3. The van der Waals surface area contributed by atoms with E-state index in [1.165, 1.54) is 10.9 Å². The number of fused-ring (bicyclic) bond motifs is 1. The highest BCUT2D eigenvalue weighted by Gasteiger charge is 2.44. The molecule has 3 heterocycles. The number of carbonyl (C=O) groups excluding carboxylic acids is 1. The zero-order valence-corrected chi connectivity index (χ0v) is 14.4. The lowest BCUT2D eigenvalue weighted by Crippen LogP contribution is -2.33. The number of imidazole rings is 1. The van der Waals surface area contributed by atoms with E-state index < -0.39 is 42.6 Å². The third-order valence-corrected chi connectivity index (χ3v) is 4.49. The topological polar surface area (TPSA) is 163 Å². The van der Waals surface area contributed by atoms with Crippen LogP contribution in [0.1, 0.15) is 16.6 Å². The van der Waals surface area contributed by atoms with Gasteiger partial charge < -0.3 is 20.1 Å². The first-order valence-corrected chi connectivity index (χ1v) is 8.45. The van der Waals surface area contributed by atoms with Crippen molar-refractivity contribution in [1.82, 2.24) is 19.5 Å². The first-order chi connectivity index (χ1) is 13.5. The SMILES string of the molecule is O=C(Nc1nc2c(ncn2[C@H]2O[C@@H](CO)[C@@H](O)[C@H]2O)c(=O)[nH]1)c1ccccc1. The van der Waals surface area contributed by atoms with E-state index in [2.05, 4.69) is 20.3 Å². The van der Waals surface area contributed by atoms with Crippen LogP contribution in [0.5, 0.6) is 0 Å². The summed E-state index contributed by atoms with van der Waals surface area (Å²) in [5, 5.41) is 31.9. The maximum Gasteiger partial charge on any atom is 0.280 e. The van der Waals surface area contributed by atoms with Crippen molar-refractivity contribution in [2.75, 3.05) is 11.9 Å². The molecule has 11 heteroatoms. The predicted octanol–water partition coefficient (Wildman–Crippen LogP) is -1.02. The summed E-state index contributed by atoms with van der Waals surface area (Å²) in [4.78, 5) is 35.2. The molecule has 1 aliphatic heterocycles. The lowest BCUT2D eigenvalue weighted by Gasteiger charge is -2.16. The van der Waals surface area contributed by atoms with Gasteiger partial charge in [-0.2, -0.15) is 4.98 Å². The second kappa shape index (κ2) is 7.13. The van der Waals surface area contributed by atoms with E-state index in [-0.39, 0.29) is 17.1 Å². The zero-order chi connectivity index (χ0) is 19.8. The Kier molecular flexibility index (Phi) is 4.65. The van der Waals surface area contributed by atoms with Crippen molar-refractivity contribution < 1.29 is 24.9 Å². The Morgan fingerprint density at radius 3 is 2.68 bits per heavy atom. The predicted molar refractivity (Wildman–Crippen MR) is 95.6 cm³/mol. The lowest BCUT2D eigenvalue weighted by molar-refractivity contribution is -0.0511. The van der Waals surface area contributed by atoms with Gasteiger partial charge in [0.2, 0.25) is 5.95 Å². The normalized spacial score (nSPS) is 24.5. The summed E-state index contributed by atoms with van der Waals surface area (Å²) in [6, 6.07) is 8.38. The fourth-order valence-electron chi connectivity index (χ4n) is 3.05. The van der Waals surface area contributed by atoms with Gasteiger partial charge in [0.15, 0.2) is 17.4 Å². The maximum atomic E-state index is 12.3. The molecular weight excluding hydrogens is 370 g/mol. The Labute approximate surface area is 157 Å². The number of hydrogen-bond acceptors (Lipinski definition) is 8. The van der Waals surface area contributed by atoms with E-state index in [1.54, 1.807) is 30.3 Å². The van der Waals surface area contributed by atoms with Crippen molar-refractivity contribution in [3.05, 3.63) is 52.6 Å². The number of aromatic amines is 1. The van der Waals surface area contributed by atoms with Gasteiger partial charge in [-0.15, -0.1) is 0 Å². The molecule has 4 atom stereocenters. The molecule has 1 aliphatic rings. The summed E-state index contributed by atoms with van der Waals surface area (Å²) in [6.07, 6.45) is -3.54. The fourth-order valence-corrected chi connectivity index (χ4v) is 3.05. The summed E-state index contributed by atoms with van der Waals surface area (Å²) in [5.74, 6) is -0.582. The molecule has 1 aromatic carbocycles. The molecule has 5 N–H and O–H groups in total. The molecule has 1 amide bonds. The molecule has 11 nitrogen and oxygen atoms in total. The first kappa shape index (κ1) is 18.3. The number of anilines is 1. The molecule has 0 spiro atoms. The van der Waals surface area contributed by atoms with E-state index in [0.717, 1.165) is 0 Å². The number of H-pyrrole nitrogens is 1. The second-order valence-electron chi connectivity index (χ2n) is 6.29. The summed E-state index contributed by atoms with van der Waals surface area (Å²) in [5.41, 5.74) is -0.210. The van der Waals surface area contributed by atoms with Crippen molar-refractivity contribution in [2.24, 2.45) is 0 Å². The van der Waals surface area contributed by atoms with Crippen molar-refractivity contribution in [3.63, 3.8) is 0 Å². The third kappa shape index (κ3) is 3.05. The van der Waals surface area contributed by atoms with Crippen molar-refractivity contribution in [1.29, 1.82) is 0 Å². The second-order valence-corrected chi connectivity index (χ2v) is 6.29. The van der Waals surface area contributed by atoms with E-state index in [4.69, 9.17) is 4.74 Å². The van der Waals surface area contributed by atoms with Gasteiger partial charge in [-0.05, 0) is 12.1 Å². The molecule has 1 saturated heterocycles. The number of benzene rings is 1. The highest BCUT2D eigenvalue weighted by atomic mass is 16.6. The smallest absolute Gasteiger partial charge is 0.280 e. The average molecular weight is 387 g/mol. The molecule has 0 aliphatic carbocycles. The Morgan fingerprint density at radius 2 is 2.00 bits per heavy atom. The third-order valence-electron chi connectivity index (χ3n) is 4.49. The summed E-state index contributed by atoms with van der Waals surface area (Å²) >= 11 is 0. The summed E-state index contributed by atoms with van der Waals surface area (Å²) < 4.78 is 6.72. The quantitative estimate of drug-likeness (QED) is 0.380. The van der Waals surface area contributed by atoms with Gasteiger partial charge in [0.05, 0.1) is 12.9 Å². The minimum absolute atomic E-state index is 0.0320. The van der Waals surface area contributed by atoms with Crippen LogP contribution in [0.3, 0.4) is 0 Å². The molecule has 0 unspecified atom stereocenters. The standard InChI is InChI=1S/C17H17N5O6/c23-6-9-11(24)12(25)16(28-9)22-7-18-10-13(22)19-17(21-15(10)27)20-14(26)8-4-2-1-3-5-8/h1-5,7,9,11-12,16,23-25H,6H2,(H2,19,20,21,26,27)/t9-,11+,12+,16-/m0/s1. The number of rotatable bonds is 4. The van der Waals surface area contributed by atoms with E-state index in [9.17, 15) is 24.9 Å². The zero-order valence-electron chi connectivity index (χ0n) is 14.4. The molecule has 0 bridgehead atoms. The summed E-state index contributed by atoms with van der Waals surface area (Å²) in [7, 11) is 0. The molecule has 2 aromatic heterocycles. The monoisotopic (exact) mass is 387 g/mol. The number of nitrogens with one attached hydrogen (secondary N) is 2. The van der Waals surface area contributed by atoms with Gasteiger partial charge >= 0.3 is 0 Å². The number of aromatic nitrogens is 4. The van der Waals surface area contributed by atoms with E-state index >= 15 is 0 Å². The van der Waals surface area contributed by atoms with Crippen molar-refractivity contribution >= 4 is 23.0 Å². The van der Waals surface area contributed by atoms with Crippen LogP contribution in [0.15, 0.2) is 41.5 Å². The van der Waals surface area contributed by atoms with Crippen LogP contribution >= 0.6 is 0 Å². The number of carbonyl (C=O) groups is 1. The minimum atomic E-state index is -1.36. The molecule has 4 rings (SSSR count). The number of nitrogens with zero attached hydrogens (tertiary/aromatic N) is 3. The largest absolute Gasteiger partial charge is 0.394 e. The molecular formula is C17H17N5O6. The van der Waals surface area contributed by atoms with Gasteiger partial charge in [-0.3, -0.25) is 24.5 Å². The van der Waals surface area contributed by atoms with E-state index in [0.29, 0.717) is 5.56 Å². The average Bonchev–Trinajstić information content (AvgIpc) is 3.24. The minimum Gasteiger partial charge on any atom is -0.394 e. The Balaban J connectivity index is 1.69. The van der Waals surface area contributed by atoms with Crippen LogP contribution in [0.2, 0.25) is 0 Å². The number of ether oxygens (including phenoxy) is 1. The molecule has 146 valence electrons. The van der Waals surface area contributed by atoms with Crippen LogP contribution in [0, 0.1) is 0 Å². The van der Waals surface area contributed by atoms with Gasteiger partial charge in [0, 0.05) is 5.56 Å². The lowest BCUT2D eigenvalue weighted by atomic mass is 10.1. The maximum absolute atomic E-state index is 12.3. The van der Waals surface area contributed by atoms with Gasteiger partial charge in [-0.1, -0.05) is 18.2 Å². The Morgan fingerprint density at radius 1 is 1.25 bits per heavy atom. The van der Waals surface area contributed by atoms with Crippen LogP contribution in [-0.4, -0.2) is 65.7 Å². The first-order valence-electron chi connectivity index (χ1n) is 8.45. The Hall–Kier alpha value is -3.12. The molecule has 3 aromatic rings. The number of amides is 1. The van der Waals surface area contributed by atoms with Crippen molar-refractivity contribution in [2.45, 2.75) is 24.5 Å². The number of aliphatic hydroxyl groups is 3.